The maximum Gasteiger partial charge on any atom is 0.0831 e. The first-order valence-corrected chi connectivity index (χ1v) is 7.40. The van der Waals surface area contributed by atoms with Crippen molar-refractivity contribution in [2.24, 2.45) is 23.5 Å². The first-order chi connectivity index (χ1) is 8.09. The number of nitrogens with two attached hydrogens (primary N) is 1. The highest BCUT2D eigenvalue weighted by Crippen LogP contribution is 2.42. The molecular formula is C15H29NO. The highest BCUT2D eigenvalue weighted by Gasteiger charge is 2.44. The van der Waals surface area contributed by atoms with Crippen LogP contribution in [-0.4, -0.2) is 18.8 Å². The van der Waals surface area contributed by atoms with Crippen LogP contribution in [0.15, 0.2) is 0 Å². The lowest BCUT2D eigenvalue weighted by Crippen LogP contribution is -2.53. The summed E-state index contributed by atoms with van der Waals surface area (Å²) in [6, 6.07) is 0.255. The molecule has 17 heavy (non-hydrogen) atoms. The third-order valence-corrected chi connectivity index (χ3v) is 5.61. The molecular weight excluding hydrogens is 210 g/mol. The van der Waals surface area contributed by atoms with Crippen molar-refractivity contribution in [3.8, 4) is 0 Å². The smallest absolute Gasteiger partial charge is 0.0831 e. The molecule has 2 aliphatic rings. The number of ether oxygens (including phenoxy) is 1. The Hall–Kier alpha value is -0.0800. The van der Waals surface area contributed by atoms with E-state index in [1.54, 1.807) is 0 Å². The molecule has 2 fully saturated rings. The Bertz CT molecular complexity index is 247. The van der Waals surface area contributed by atoms with Crippen LogP contribution < -0.4 is 5.73 Å². The van der Waals surface area contributed by atoms with Gasteiger partial charge in [-0.15, -0.1) is 0 Å². The molecule has 0 bridgehead atoms. The molecule has 0 radical (unpaired) electrons. The van der Waals surface area contributed by atoms with Gasteiger partial charge in [-0.3, -0.25) is 0 Å². The summed E-state index contributed by atoms with van der Waals surface area (Å²) in [6.45, 7) is 4.77. The summed E-state index contributed by atoms with van der Waals surface area (Å²) >= 11 is 0. The highest BCUT2D eigenvalue weighted by atomic mass is 16.5. The molecule has 4 unspecified atom stereocenters. The summed E-state index contributed by atoms with van der Waals surface area (Å²) in [6.07, 6.45) is 8.88. The van der Waals surface area contributed by atoms with E-state index in [9.17, 15) is 0 Å². The van der Waals surface area contributed by atoms with Gasteiger partial charge >= 0.3 is 0 Å². The van der Waals surface area contributed by atoms with E-state index in [4.69, 9.17) is 10.5 Å². The lowest BCUT2D eigenvalue weighted by Gasteiger charge is -2.43. The minimum absolute atomic E-state index is 0.00493. The quantitative estimate of drug-likeness (QED) is 0.819. The zero-order valence-electron chi connectivity index (χ0n) is 11.7. The van der Waals surface area contributed by atoms with E-state index >= 15 is 0 Å². The van der Waals surface area contributed by atoms with E-state index in [-0.39, 0.29) is 11.6 Å². The third-order valence-electron chi connectivity index (χ3n) is 5.61. The van der Waals surface area contributed by atoms with Crippen LogP contribution in [0.2, 0.25) is 0 Å². The van der Waals surface area contributed by atoms with E-state index in [1.165, 1.54) is 44.9 Å². The Morgan fingerprint density at radius 3 is 2.29 bits per heavy atom. The van der Waals surface area contributed by atoms with E-state index in [0.29, 0.717) is 5.92 Å². The standard InChI is InChI=1S/C15H29NO/c1-11-6-7-13(10-12(11)2)14(16)15(17-3)8-4-5-9-15/h11-14H,4-10,16H2,1-3H3. The van der Waals surface area contributed by atoms with Crippen molar-refractivity contribution >= 4 is 0 Å². The fraction of sp³-hybridized carbons (Fsp3) is 1.00. The topological polar surface area (TPSA) is 35.2 Å². The normalized spacial score (nSPS) is 39.2. The van der Waals surface area contributed by atoms with Crippen molar-refractivity contribution in [1.29, 1.82) is 0 Å². The van der Waals surface area contributed by atoms with Gasteiger partial charge in [0.2, 0.25) is 0 Å². The first-order valence-electron chi connectivity index (χ1n) is 7.40. The Kier molecular flexibility index (Phi) is 4.14. The molecule has 2 nitrogen and oxygen atoms in total. The average molecular weight is 239 g/mol. The number of rotatable bonds is 3. The van der Waals surface area contributed by atoms with Crippen molar-refractivity contribution < 1.29 is 4.74 Å². The number of hydrogen-bond acceptors (Lipinski definition) is 2. The van der Waals surface area contributed by atoms with Gasteiger partial charge in [-0.1, -0.05) is 33.1 Å². The molecule has 2 rings (SSSR count). The summed E-state index contributed by atoms with van der Waals surface area (Å²) in [4.78, 5) is 0. The fourth-order valence-corrected chi connectivity index (χ4v) is 3.99. The third kappa shape index (κ3) is 2.53. The molecule has 100 valence electrons. The second kappa shape index (κ2) is 5.27. The first kappa shape index (κ1) is 13.4. The van der Waals surface area contributed by atoms with Gasteiger partial charge in [0, 0.05) is 13.2 Å². The van der Waals surface area contributed by atoms with Crippen LogP contribution in [0.5, 0.6) is 0 Å². The van der Waals surface area contributed by atoms with Crippen LogP contribution >= 0.6 is 0 Å². The van der Waals surface area contributed by atoms with Crippen molar-refractivity contribution in [3.05, 3.63) is 0 Å². The Balaban J connectivity index is 2.01. The molecule has 0 saturated heterocycles. The van der Waals surface area contributed by atoms with Crippen molar-refractivity contribution in [1.82, 2.24) is 0 Å². The van der Waals surface area contributed by atoms with Gasteiger partial charge in [-0.2, -0.15) is 0 Å². The van der Waals surface area contributed by atoms with Crippen LogP contribution in [0.4, 0.5) is 0 Å². The molecule has 0 amide bonds. The highest BCUT2D eigenvalue weighted by molar-refractivity contribution is 4.99. The molecule has 0 aliphatic heterocycles. The van der Waals surface area contributed by atoms with Gasteiger partial charge in [-0.25, -0.2) is 0 Å². The minimum Gasteiger partial charge on any atom is -0.377 e. The summed E-state index contributed by atoms with van der Waals surface area (Å²) < 4.78 is 5.85. The molecule has 2 N–H and O–H groups in total. The molecule has 0 aromatic heterocycles. The lowest BCUT2D eigenvalue weighted by atomic mass is 9.69. The monoisotopic (exact) mass is 239 g/mol. The van der Waals surface area contributed by atoms with Crippen LogP contribution in [-0.2, 0) is 4.74 Å². The maximum atomic E-state index is 6.58. The minimum atomic E-state index is 0.00493. The van der Waals surface area contributed by atoms with Gasteiger partial charge in [0.15, 0.2) is 0 Å². The molecule has 2 saturated carbocycles. The van der Waals surface area contributed by atoms with Gasteiger partial charge in [0.1, 0.15) is 0 Å². The summed E-state index contributed by atoms with van der Waals surface area (Å²) in [7, 11) is 1.86. The Labute approximate surface area is 106 Å². The lowest BCUT2D eigenvalue weighted by molar-refractivity contribution is -0.0491. The second-order valence-corrected chi connectivity index (χ2v) is 6.53. The number of methoxy groups -OCH3 is 1. The molecule has 2 aliphatic carbocycles. The van der Waals surface area contributed by atoms with Gasteiger partial charge < -0.3 is 10.5 Å². The van der Waals surface area contributed by atoms with E-state index < -0.39 is 0 Å². The van der Waals surface area contributed by atoms with Crippen LogP contribution in [0.1, 0.15) is 58.8 Å². The maximum absolute atomic E-state index is 6.58. The van der Waals surface area contributed by atoms with Crippen molar-refractivity contribution in [2.45, 2.75) is 70.4 Å². The van der Waals surface area contributed by atoms with Gasteiger partial charge in [0.05, 0.1) is 5.60 Å². The Morgan fingerprint density at radius 2 is 1.76 bits per heavy atom. The molecule has 0 aromatic carbocycles. The fourth-order valence-electron chi connectivity index (χ4n) is 3.99. The van der Waals surface area contributed by atoms with E-state index in [0.717, 1.165) is 11.8 Å². The summed E-state index contributed by atoms with van der Waals surface area (Å²) in [5, 5.41) is 0. The van der Waals surface area contributed by atoms with Gasteiger partial charge in [-0.05, 0) is 43.4 Å². The predicted molar refractivity (Wildman–Crippen MR) is 71.9 cm³/mol. The average Bonchev–Trinajstić information content (AvgIpc) is 2.81. The van der Waals surface area contributed by atoms with Gasteiger partial charge in [0.25, 0.3) is 0 Å². The molecule has 4 atom stereocenters. The molecule has 0 heterocycles. The van der Waals surface area contributed by atoms with Crippen molar-refractivity contribution in [3.63, 3.8) is 0 Å². The Morgan fingerprint density at radius 1 is 1.12 bits per heavy atom. The van der Waals surface area contributed by atoms with Crippen LogP contribution in [0, 0.1) is 17.8 Å². The zero-order chi connectivity index (χ0) is 12.5. The predicted octanol–water partition coefficient (Wildman–Crippen LogP) is 3.35. The van der Waals surface area contributed by atoms with E-state index in [1.807, 2.05) is 7.11 Å². The number of hydrogen-bond donors (Lipinski definition) is 1. The zero-order valence-corrected chi connectivity index (χ0v) is 11.7. The van der Waals surface area contributed by atoms with Crippen LogP contribution in [0.3, 0.4) is 0 Å². The molecule has 2 heteroatoms. The summed E-state index contributed by atoms with van der Waals surface area (Å²) in [5.41, 5.74) is 6.59. The summed E-state index contributed by atoms with van der Waals surface area (Å²) in [5.74, 6) is 2.38. The molecule has 0 spiro atoms. The SMILES string of the molecule is COC1(C(N)C2CCC(C)C(C)C2)CCCC1. The van der Waals surface area contributed by atoms with Crippen molar-refractivity contribution in [2.75, 3.05) is 7.11 Å². The largest absolute Gasteiger partial charge is 0.377 e. The van der Waals surface area contributed by atoms with Crippen LogP contribution in [0.25, 0.3) is 0 Å². The second-order valence-electron chi connectivity index (χ2n) is 6.53. The molecule has 0 aromatic rings. The van der Waals surface area contributed by atoms with E-state index in [2.05, 4.69) is 13.8 Å².